The lowest BCUT2D eigenvalue weighted by molar-refractivity contribution is -0.123. The van der Waals surface area contributed by atoms with Crippen LogP contribution in [-0.4, -0.2) is 38.3 Å². The minimum Gasteiger partial charge on any atom is -0.356 e. The Labute approximate surface area is 176 Å². The maximum Gasteiger partial charge on any atom is 0.253 e. The van der Waals surface area contributed by atoms with Crippen molar-refractivity contribution in [1.82, 2.24) is 24.9 Å². The quantitative estimate of drug-likeness (QED) is 0.731. The van der Waals surface area contributed by atoms with Crippen molar-refractivity contribution in [3.8, 4) is 0 Å². The van der Waals surface area contributed by atoms with Crippen molar-refractivity contribution in [2.45, 2.75) is 70.4 Å². The topological polar surface area (TPSA) is 72.2 Å². The molecular weight excluding hydrogens is 382 g/mol. The molecule has 4 fully saturated rings. The number of carbonyl (C=O) groups excluding carboxylic acids is 1. The fraction of sp³-hybridized carbons (Fsp3) is 0.727. The van der Waals surface area contributed by atoms with Crippen molar-refractivity contribution in [2.75, 3.05) is 12.8 Å². The lowest BCUT2D eigenvalue weighted by Gasteiger charge is -2.56. The highest BCUT2D eigenvalue weighted by Gasteiger charge is 2.50. The fourth-order valence-corrected chi connectivity index (χ4v) is 7.09. The van der Waals surface area contributed by atoms with Crippen LogP contribution in [0.15, 0.2) is 5.16 Å². The van der Waals surface area contributed by atoms with Crippen LogP contribution in [0.4, 0.5) is 0 Å². The van der Waals surface area contributed by atoms with Crippen LogP contribution in [0.1, 0.15) is 61.9 Å². The summed E-state index contributed by atoms with van der Waals surface area (Å²) >= 11 is 1.52. The molecule has 0 spiro atoms. The van der Waals surface area contributed by atoms with E-state index >= 15 is 0 Å². The second-order valence-corrected chi connectivity index (χ2v) is 10.5. The molecule has 6 nitrogen and oxygen atoms in total. The molecule has 4 aliphatic rings. The van der Waals surface area contributed by atoms with Gasteiger partial charge in [-0.3, -0.25) is 4.79 Å². The van der Waals surface area contributed by atoms with Crippen molar-refractivity contribution < 1.29 is 4.79 Å². The number of hydrogen-bond acceptors (Lipinski definition) is 5. The molecule has 0 radical (unpaired) electrons. The molecule has 0 atom stereocenters. The third-order valence-electron chi connectivity index (χ3n) is 7.64. The monoisotopic (exact) mass is 413 g/mol. The third-order valence-corrected chi connectivity index (χ3v) is 8.18. The van der Waals surface area contributed by atoms with Crippen molar-refractivity contribution in [3.05, 3.63) is 17.0 Å². The fourth-order valence-electron chi connectivity index (χ4n) is 6.76. The van der Waals surface area contributed by atoms with Gasteiger partial charge < -0.3 is 5.32 Å². The Morgan fingerprint density at radius 3 is 2.41 bits per heavy atom. The number of thioether (sulfide) groups is 1. The molecular formula is C22H31N5OS. The SMILES string of the molecule is CSc1nc2nc(C)c(CCC(=O)NCC34CC5CC(CC(C5)C3)C4)c(C)n2n1. The van der Waals surface area contributed by atoms with Crippen molar-refractivity contribution in [3.63, 3.8) is 0 Å². The number of amides is 1. The highest BCUT2D eigenvalue weighted by molar-refractivity contribution is 7.98. The van der Waals surface area contributed by atoms with Gasteiger partial charge >= 0.3 is 0 Å². The van der Waals surface area contributed by atoms with Crippen LogP contribution in [0, 0.1) is 37.0 Å². The van der Waals surface area contributed by atoms with Crippen LogP contribution in [0.25, 0.3) is 5.78 Å². The summed E-state index contributed by atoms with van der Waals surface area (Å²) in [6, 6.07) is 0. The first-order valence-electron chi connectivity index (χ1n) is 11.0. The lowest BCUT2D eigenvalue weighted by Crippen LogP contribution is -2.51. The third kappa shape index (κ3) is 3.56. The lowest BCUT2D eigenvalue weighted by atomic mass is 9.49. The van der Waals surface area contributed by atoms with Gasteiger partial charge in [0, 0.05) is 24.4 Å². The van der Waals surface area contributed by atoms with E-state index in [2.05, 4.69) is 20.4 Å². The second kappa shape index (κ2) is 7.25. The number of fused-ring (bicyclic) bond motifs is 1. The summed E-state index contributed by atoms with van der Waals surface area (Å²) in [5.74, 6) is 3.59. The van der Waals surface area contributed by atoms with Crippen molar-refractivity contribution in [1.29, 1.82) is 0 Å². The molecule has 0 aliphatic heterocycles. The maximum absolute atomic E-state index is 12.7. The summed E-state index contributed by atoms with van der Waals surface area (Å²) in [7, 11) is 0. The van der Waals surface area contributed by atoms with Crippen LogP contribution < -0.4 is 5.32 Å². The average Bonchev–Trinajstić information content (AvgIpc) is 3.08. The minimum atomic E-state index is 0.169. The van der Waals surface area contributed by atoms with Gasteiger partial charge in [-0.2, -0.15) is 4.98 Å². The van der Waals surface area contributed by atoms with E-state index in [1.807, 2.05) is 24.6 Å². The van der Waals surface area contributed by atoms with Gasteiger partial charge in [0.25, 0.3) is 5.78 Å². The zero-order valence-electron chi connectivity index (χ0n) is 17.7. The molecule has 2 heterocycles. The highest BCUT2D eigenvalue weighted by Crippen LogP contribution is 2.59. The van der Waals surface area contributed by atoms with Gasteiger partial charge in [-0.15, -0.1) is 5.10 Å². The molecule has 4 saturated carbocycles. The molecule has 2 aromatic heterocycles. The predicted molar refractivity (Wildman–Crippen MR) is 114 cm³/mol. The number of nitrogens with one attached hydrogen (secondary N) is 1. The van der Waals surface area contributed by atoms with Gasteiger partial charge in [0.15, 0.2) is 0 Å². The Kier molecular flexibility index (Phi) is 4.84. The molecule has 29 heavy (non-hydrogen) atoms. The van der Waals surface area contributed by atoms with E-state index in [0.717, 1.165) is 46.4 Å². The van der Waals surface area contributed by atoms with Crippen LogP contribution in [0.3, 0.4) is 0 Å². The van der Waals surface area contributed by atoms with E-state index in [1.165, 1.54) is 50.3 Å². The van der Waals surface area contributed by atoms with Gasteiger partial charge in [0.05, 0.1) is 0 Å². The van der Waals surface area contributed by atoms with Crippen molar-refractivity contribution >= 4 is 23.4 Å². The van der Waals surface area contributed by atoms with Crippen LogP contribution in [-0.2, 0) is 11.2 Å². The molecule has 4 bridgehead atoms. The zero-order chi connectivity index (χ0) is 20.2. The van der Waals surface area contributed by atoms with E-state index in [-0.39, 0.29) is 5.91 Å². The van der Waals surface area contributed by atoms with E-state index in [4.69, 9.17) is 0 Å². The molecule has 7 heteroatoms. The summed E-state index contributed by atoms with van der Waals surface area (Å²) < 4.78 is 1.81. The first-order chi connectivity index (χ1) is 13.9. The first-order valence-corrected chi connectivity index (χ1v) is 12.2. The summed E-state index contributed by atoms with van der Waals surface area (Å²) in [4.78, 5) is 21.7. The number of carbonyl (C=O) groups is 1. The maximum atomic E-state index is 12.7. The summed E-state index contributed by atoms with van der Waals surface area (Å²) in [6.07, 6.45) is 11.5. The molecule has 156 valence electrons. The Balaban J connectivity index is 1.22. The number of aryl methyl sites for hydroxylation is 2. The molecule has 4 aliphatic carbocycles. The van der Waals surface area contributed by atoms with E-state index in [9.17, 15) is 4.79 Å². The smallest absolute Gasteiger partial charge is 0.253 e. The Bertz CT molecular complexity index is 917. The Morgan fingerprint density at radius 1 is 1.14 bits per heavy atom. The Morgan fingerprint density at radius 2 is 1.79 bits per heavy atom. The van der Waals surface area contributed by atoms with E-state index < -0.39 is 0 Å². The van der Waals surface area contributed by atoms with Gasteiger partial charge in [-0.1, -0.05) is 11.8 Å². The van der Waals surface area contributed by atoms with E-state index in [1.54, 1.807) is 0 Å². The predicted octanol–water partition coefficient (Wildman–Crippen LogP) is 3.73. The molecule has 1 amide bonds. The van der Waals surface area contributed by atoms with Crippen LogP contribution in [0.2, 0.25) is 0 Å². The molecule has 2 aromatic rings. The van der Waals surface area contributed by atoms with Gasteiger partial charge in [0.2, 0.25) is 11.1 Å². The largest absolute Gasteiger partial charge is 0.356 e. The summed E-state index contributed by atoms with van der Waals surface area (Å²) in [5, 5.41) is 8.54. The summed E-state index contributed by atoms with van der Waals surface area (Å²) in [6.45, 7) is 4.93. The van der Waals surface area contributed by atoms with E-state index in [0.29, 0.717) is 24.0 Å². The normalized spacial score (nSPS) is 30.2. The summed E-state index contributed by atoms with van der Waals surface area (Å²) in [5.41, 5.74) is 3.49. The van der Waals surface area contributed by atoms with Gasteiger partial charge in [-0.25, -0.2) is 9.50 Å². The molecule has 0 aromatic carbocycles. The minimum absolute atomic E-state index is 0.169. The first kappa shape index (κ1) is 19.3. The standard InChI is InChI=1S/C22H31N5OS/c1-13-18(14(2)27-20(24-13)25-21(26-27)29-3)4-5-19(28)23-12-22-9-15-6-16(10-22)8-17(7-15)11-22/h15-17H,4-12H2,1-3H3,(H,23,28). The number of aromatic nitrogens is 4. The average molecular weight is 414 g/mol. The second-order valence-electron chi connectivity index (χ2n) is 9.77. The Hall–Kier alpha value is -1.63. The molecule has 1 N–H and O–H groups in total. The van der Waals surface area contributed by atoms with Crippen LogP contribution >= 0.6 is 11.8 Å². The molecule has 0 unspecified atom stereocenters. The van der Waals surface area contributed by atoms with Gasteiger partial charge in [0.1, 0.15) is 0 Å². The van der Waals surface area contributed by atoms with Gasteiger partial charge in [-0.05, 0) is 93.8 Å². The molecule has 0 saturated heterocycles. The number of nitrogens with zero attached hydrogens (tertiary/aromatic N) is 4. The van der Waals surface area contributed by atoms with Crippen molar-refractivity contribution in [2.24, 2.45) is 23.2 Å². The zero-order valence-corrected chi connectivity index (χ0v) is 18.5. The molecule has 6 rings (SSSR count). The highest BCUT2D eigenvalue weighted by atomic mass is 32.2. The number of rotatable bonds is 6. The van der Waals surface area contributed by atoms with Crippen LogP contribution in [0.5, 0.6) is 0 Å². The number of hydrogen-bond donors (Lipinski definition) is 1.